The Morgan fingerprint density at radius 1 is 0.688 bits per heavy atom. The molecule has 0 spiro atoms. The number of hydrogen-bond acceptors (Lipinski definition) is 16. The molecule has 7 N–H and O–H groups in total. The fraction of sp³-hybridized carbons (Fsp3) is 0.451. The quantitative estimate of drug-likeness (QED) is 0.0167. The highest BCUT2D eigenvalue weighted by Gasteiger charge is 2.35. The molecule has 77 heavy (non-hydrogen) atoms. The van der Waals surface area contributed by atoms with Crippen molar-refractivity contribution in [2.24, 2.45) is 5.92 Å². The Kier molecular flexibility index (Phi) is 25.0. The number of halogens is 2. The second-order valence-corrected chi connectivity index (χ2v) is 22.1. The number of fused-ring (bicyclic) bond motifs is 2. The maximum absolute atomic E-state index is 14.0. The molecule has 1 aliphatic carbocycles. The molecule has 426 valence electrons. The predicted molar refractivity (Wildman–Crippen MR) is 296 cm³/mol. The van der Waals surface area contributed by atoms with Crippen LogP contribution in [-0.2, 0) is 35.1 Å². The molecule has 2 heterocycles. The van der Waals surface area contributed by atoms with Crippen LogP contribution in [0.3, 0.4) is 0 Å². The summed E-state index contributed by atoms with van der Waals surface area (Å²) < 4.78 is 113. The summed E-state index contributed by atoms with van der Waals surface area (Å²) in [5.41, 5.74) is 2.78. The molecular formula is C51H70Cl2N6O15S3. The first-order chi connectivity index (χ1) is 36.0. The number of nitrogen functional groups attached to an aromatic ring is 1. The number of aromatic carboxylic acids is 1. The van der Waals surface area contributed by atoms with Crippen molar-refractivity contribution >= 4 is 88.1 Å². The maximum atomic E-state index is 14.0. The van der Waals surface area contributed by atoms with Gasteiger partial charge >= 0.3 is 11.9 Å². The number of hydrogen-bond donors (Lipinski definition) is 6. The van der Waals surface area contributed by atoms with E-state index in [0.29, 0.717) is 0 Å². The van der Waals surface area contributed by atoms with Crippen LogP contribution in [0.4, 0.5) is 5.69 Å². The van der Waals surface area contributed by atoms with Crippen molar-refractivity contribution in [3.63, 3.8) is 0 Å². The zero-order valence-electron chi connectivity index (χ0n) is 44.6. The molecule has 3 aliphatic rings. The highest BCUT2D eigenvalue weighted by Crippen LogP contribution is 2.46. The van der Waals surface area contributed by atoms with Crippen LogP contribution in [0.25, 0.3) is 33.4 Å². The van der Waals surface area contributed by atoms with Gasteiger partial charge in [0.25, 0.3) is 36.3 Å². The minimum atomic E-state index is -5.27. The van der Waals surface area contributed by atoms with E-state index in [9.17, 15) is 58.4 Å². The van der Waals surface area contributed by atoms with Gasteiger partial charge in [-0.2, -0.15) is 25.3 Å². The number of nitrogens with zero attached hydrogens (tertiary/aromatic N) is 4. The molecule has 0 unspecified atom stereocenters. The van der Waals surface area contributed by atoms with Gasteiger partial charge in [-0.1, -0.05) is 97.6 Å². The summed E-state index contributed by atoms with van der Waals surface area (Å²) in [6, 6.07) is 9.76. The lowest BCUT2D eigenvalue weighted by Crippen LogP contribution is -2.41. The number of esters is 1. The lowest BCUT2D eigenvalue weighted by atomic mass is 9.88. The summed E-state index contributed by atoms with van der Waals surface area (Å²) in [5, 5.41) is 17.0. The molecule has 3 aromatic carbocycles. The lowest BCUT2D eigenvalue weighted by Gasteiger charge is -2.31. The van der Waals surface area contributed by atoms with Crippen molar-refractivity contribution in [3.05, 3.63) is 81.1 Å². The number of carboxylic acids is 1. The molecule has 2 aliphatic heterocycles. The molecule has 0 radical (unpaired) electrons. The second kappa shape index (κ2) is 29.1. The molecule has 0 saturated carbocycles. The third kappa shape index (κ3) is 16.9. The van der Waals surface area contributed by atoms with Crippen LogP contribution in [0.5, 0.6) is 5.75 Å². The normalized spacial score (nSPS) is 13.2. The SMILES string of the molecule is CCN(CC)CC.CCN(CC)CC.CCN(CC)CC.N=c1ccc2c(-c3cccc(C(=O)N4CCC(C(=O)Oc5c(Cl)cc(S(=O)(=O)O)cc5Cl)CC4)c3C(=O)O)c3ccc(N)c(S(=O)(=O)O)c3oc-2c1S(=O)(=O)O. The second-order valence-electron chi connectivity index (χ2n) is 17.2. The van der Waals surface area contributed by atoms with Crippen LogP contribution in [0.1, 0.15) is 95.9 Å². The summed E-state index contributed by atoms with van der Waals surface area (Å²) in [5.74, 6) is -5.28. The number of amides is 1. The van der Waals surface area contributed by atoms with Gasteiger partial charge in [0.1, 0.15) is 0 Å². The van der Waals surface area contributed by atoms with Crippen molar-refractivity contribution in [3.8, 4) is 28.2 Å². The standard InChI is InChI=1S/C33H25Cl2N3O15S3.3C6H15N/c34-20-12-15(54(43,44)45)13-21(35)28(20)53-33(42)14-8-10-38(11-9-14)31(39)19-3-1-2-16(25(19)32(40)41)24-17-4-6-22(36)29(55(46,47)48)26(17)52-27-18(24)5-7-23(37)30(27)56(49,50)51;3*1-4-7(5-2)6-3/h1-7,12-14,36H,8-11,37H2,(H,40,41)(H,43,44,45)(H,46,47,48)(H,49,50,51);3*4-6H2,1-3H3. The molecular weight excluding hydrogens is 1100 g/mol. The number of nitrogens with two attached hydrogens (primary N) is 1. The van der Waals surface area contributed by atoms with Gasteiger partial charge in [0.15, 0.2) is 26.9 Å². The number of benzene rings is 4. The van der Waals surface area contributed by atoms with Crippen LogP contribution in [0.15, 0.2) is 73.7 Å². The number of piperidine rings is 1. The summed E-state index contributed by atoms with van der Waals surface area (Å²) in [4.78, 5) is 45.7. The molecule has 0 atom stereocenters. The van der Waals surface area contributed by atoms with Gasteiger partial charge in [-0.3, -0.25) is 28.7 Å². The molecule has 21 nitrogen and oxygen atoms in total. The molecule has 26 heteroatoms. The topological polar surface area (TPSA) is 320 Å². The van der Waals surface area contributed by atoms with Crippen LogP contribution >= 0.6 is 23.2 Å². The number of carbonyl (C=O) groups excluding carboxylic acids is 2. The van der Waals surface area contributed by atoms with Crippen molar-refractivity contribution < 1.29 is 67.6 Å². The minimum absolute atomic E-state index is 0.00811. The van der Waals surface area contributed by atoms with Gasteiger partial charge in [0.05, 0.1) is 43.0 Å². The van der Waals surface area contributed by atoms with Gasteiger partial charge < -0.3 is 39.6 Å². The van der Waals surface area contributed by atoms with Crippen molar-refractivity contribution in [2.75, 3.05) is 77.7 Å². The predicted octanol–water partition coefficient (Wildman–Crippen LogP) is 8.51. The fourth-order valence-corrected chi connectivity index (χ4v) is 11.1. The van der Waals surface area contributed by atoms with E-state index in [1.165, 1.54) is 88.1 Å². The summed E-state index contributed by atoms with van der Waals surface area (Å²) >= 11 is 12.1. The smallest absolute Gasteiger partial charge is 0.337 e. The first-order valence-electron chi connectivity index (χ1n) is 24.9. The van der Waals surface area contributed by atoms with E-state index in [2.05, 4.69) is 77.0 Å². The van der Waals surface area contributed by atoms with E-state index < -0.39 is 96.8 Å². The van der Waals surface area contributed by atoms with Crippen LogP contribution in [0, 0.1) is 11.3 Å². The Hall–Kier alpha value is -5.25. The van der Waals surface area contributed by atoms with Gasteiger partial charge in [-0.25, -0.2) is 4.79 Å². The van der Waals surface area contributed by atoms with Crippen molar-refractivity contribution in [1.29, 1.82) is 5.41 Å². The van der Waals surface area contributed by atoms with E-state index in [0.717, 1.165) is 30.3 Å². The Morgan fingerprint density at radius 3 is 1.56 bits per heavy atom. The first-order valence-corrected chi connectivity index (χ1v) is 29.9. The maximum Gasteiger partial charge on any atom is 0.337 e. The van der Waals surface area contributed by atoms with Gasteiger partial charge in [0, 0.05) is 29.6 Å². The van der Waals surface area contributed by atoms with E-state index in [1.807, 2.05) is 0 Å². The highest BCUT2D eigenvalue weighted by molar-refractivity contribution is 7.86. The van der Waals surface area contributed by atoms with E-state index in [1.54, 1.807) is 0 Å². The zero-order chi connectivity index (χ0) is 58.3. The highest BCUT2D eigenvalue weighted by atomic mass is 35.5. The zero-order valence-corrected chi connectivity index (χ0v) is 48.6. The van der Waals surface area contributed by atoms with Crippen LogP contribution < -0.4 is 15.8 Å². The van der Waals surface area contributed by atoms with Gasteiger partial charge in [-0.05, 0) is 120 Å². The van der Waals surface area contributed by atoms with Crippen LogP contribution in [-0.4, -0.2) is 153 Å². The summed E-state index contributed by atoms with van der Waals surface area (Å²) in [7, 11) is -15.2. The molecule has 0 aromatic heterocycles. The number of anilines is 1. The molecule has 0 bridgehead atoms. The molecule has 1 saturated heterocycles. The lowest BCUT2D eigenvalue weighted by molar-refractivity contribution is -0.140. The molecule has 1 amide bonds. The average Bonchev–Trinajstić information content (AvgIpc) is 3.38. The van der Waals surface area contributed by atoms with E-state index in [4.69, 9.17) is 43.5 Å². The molecule has 1 fully saturated rings. The summed E-state index contributed by atoms with van der Waals surface area (Å²) in [6.45, 7) is 30.2. The summed E-state index contributed by atoms with van der Waals surface area (Å²) in [6.07, 6.45) is 0.0162. The monoisotopic (exact) mass is 1170 g/mol. The third-order valence-corrected chi connectivity index (χ3v) is 16.2. The Morgan fingerprint density at radius 2 is 1.16 bits per heavy atom. The molecule has 3 aromatic rings. The fourth-order valence-electron chi connectivity index (χ4n) is 8.43. The van der Waals surface area contributed by atoms with E-state index >= 15 is 0 Å². The largest absolute Gasteiger partial charge is 0.478 e. The van der Waals surface area contributed by atoms with Gasteiger partial charge in [-0.15, -0.1) is 0 Å². The number of likely N-dealkylation sites (tertiary alicyclic amines) is 1. The van der Waals surface area contributed by atoms with E-state index in [-0.39, 0.29) is 69.4 Å². The number of ether oxygens (including phenoxy) is 1. The number of carbonyl (C=O) groups is 3. The third-order valence-electron chi connectivity index (χ3n) is 12.9. The first kappa shape index (κ1) is 66.0. The Balaban J connectivity index is 0.000000624. The molecule has 6 rings (SSSR count). The average molecular weight is 1170 g/mol. The number of nitrogens with one attached hydrogen (secondary N) is 1. The van der Waals surface area contributed by atoms with Gasteiger partial charge in [0.2, 0.25) is 0 Å². The van der Waals surface area contributed by atoms with Crippen molar-refractivity contribution in [2.45, 2.75) is 89.8 Å². The van der Waals surface area contributed by atoms with Crippen LogP contribution in [0.2, 0.25) is 10.0 Å². The number of carboxylic acid groups (broad SMARTS) is 1. The number of rotatable bonds is 17. The Labute approximate surface area is 461 Å². The Bertz CT molecular complexity index is 3180. The van der Waals surface area contributed by atoms with Crippen molar-refractivity contribution in [1.82, 2.24) is 19.6 Å². The minimum Gasteiger partial charge on any atom is -0.478 e.